The van der Waals surface area contributed by atoms with E-state index in [1.54, 1.807) is 13.8 Å². The van der Waals surface area contributed by atoms with Crippen LogP contribution in [0.15, 0.2) is 0 Å². The molecule has 2 unspecified atom stereocenters. The van der Waals surface area contributed by atoms with Crippen molar-refractivity contribution < 1.29 is 39.2 Å². The number of carboxylic acid groups (broad SMARTS) is 1. The van der Waals surface area contributed by atoms with Crippen LogP contribution in [0.5, 0.6) is 0 Å². The predicted octanol–water partition coefficient (Wildman–Crippen LogP) is -1.09. The van der Waals surface area contributed by atoms with Crippen LogP contribution in [-0.2, 0) is 13.9 Å². The molecular formula is C10H22NO8P. The van der Waals surface area contributed by atoms with E-state index in [0.717, 1.165) is 0 Å². The van der Waals surface area contributed by atoms with Gasteiger partial charge in [0.25, 0.3) is 0 Å². The molecular weight excluding hydrogens is 293 g/mol. The fourth-order valence-electron chi connectivity index (χ4n) is 1.32. The number of hydrogen-bond acceptors (Lipinski definition) is 6. The van der Waals surface area contributed by atoms with Crippen molar-refractivity contribution in [1.82, 2.24) is 5.09 Å². The Labute approximate surface area is 116 Å². The molecule has 0 aliphatic carbocycles. The van der Waals surface area contributed by atoms with E-state index in [2.05, 4.69) is 4.52 Å². The average molecular weight is 315 g/mol. The smallest absolute Gasteiger partial charge is 0.403 e. The van der Waals surface area contributed by atoms with Crippen LogP contribution < -0.4 is 5.09 Å². The second-order valence-corrected chi connectivity index (χ2v) is 6.34. The van der Waals surface area contributed by atoms with Crippen LogP contribution in [0, 0.1) is 5.92 Å². The Kier molecular flexibility index (Phi) is 8.45. The number of carboxylic acids is 1. The molecule has 0 bridgehead atoms. The Morgan fingerprint density at radius 1 is 1.30 bits per heavy atom. The molecule has 0 spiro atoms. The standard InChI is InChI=1S/C10H22NO8P/c1-6(2)3-7(10(15)16)11-20(17,18)19-5-9(14)8(13)4-12/h6-9,12-14H,3-5H2,1-2H3,(H,15,16)(H2,11,17,18)/t7?,8-,9-/m0/s1. The maximum absolute atomic E-state index is 11.6. The number of aliphatic carboxylic acids is 1. The third-order valence-corrected chi connectivity index (χ3v) is 3.51. The predicted molar refractivity (Wildman–Crippen MR) is 68.9 cm³/mol. The second-order valence-electron chi connectivity index (χ2n) is 4.78. The average Bonchev–Trinajstić information content (AvgIpc) is 2.33. The first-order chi connectivity index (χ1) is 9.09. The first-order valence-electron chi connectivity index (χ1n) is 6.04. The number of rotatable bonds is 10. The van der Waals surface area contributed by atoms with Gasteiger partial charge in [-0.2, -0.15) is 0 Å². The quantitative estimate of drug-likeness (QED) is 0.275. The van der Waals surface area contributed by atoms with Crippen LogP contribution in [0.3, 0.4) is 0 Å². The topological polar surface area (TPSA) is 157 Å². The highest BCUT2D eigenvalue weighted by atomic mass is 31.2. The first-order valence-corrected chi connectivity index (χ1v) is 7.61. The van der Waals surface area contributed by atoms with Crippen LogP contribution in [0.4, 0.5) is 0 Å². The molecule has 9 nitrogen and oxygen atoms in total. The molecule has 0 fully saturated rings. The van der Waals surface area contributed by atoms with Crippen molar-refractivity contribution in [3.63, 3.8) is 0 Å². The third kappa shape index (κ3) is 7.91. The second kappa shape index (κ2) is 8.68. The van der Waals surface area contributed by atoms with Crippen LogP contribution in [0.2, 0.25) is 0 Å². The molecule has 0 saturated carbocycles. The van der Waals surface area contributed by atoms with Crippen molar-refractivity contribution in [3.8, 4) is 0 Å². The largest absolute Gasteiger partial charge is 0.480 e. The minimum absolute atomic E-state index is 0.0228. The summed E-state index contributed by atoms with van der Waals surface area (Å²) in [6.45, 7) is 2.04. The number of hydrogen-bond donors (Lipinski definition) is 6. The van der Waals surface area contributed by atoms with Crippen LogP contribution in [0.25, 0.3) is 0 Å². The third-order valence-electron chi connectivity index (χ3n) is 2.38. The Morgan fingerprint density at radius 3 is 2.25 bits per heavy atom. The zero-order valence-electron chi connectivity index (χ0n) is 11.3. The van der Waals surface area contributed by atoms with Crippen molar-refractivity contribution in [1.29, 1.82) is 0 Å². The highest BCUT2D eigenvalue weighted by molar-refractivity contribution is 7.50. The maximum Gasteiger partial charge on any atom is 0.403 e. The van der Waals surface area contributed by atoms with Gasteiger partial charge in [-0.15, -0.1) is 0 Å². The lowest BCUT2D eigenvalue weighted by Gasteiger charge is -2.22. The van der Waals surface area contributed by atoms with Gasteiger partial charge in [-0.1, -0.05) is 13.8 Å². The van der Waals surface area contributed by atoms with Gasteiger partial charge in [-0.3, -0.25) is 9.32 Å². The molecule has 0 saturated heterocycles. The highest BCUT2D eigenvalue weighted by Crippen LogP contribution is 2.38. The number of nitrogens with one attached hydrogen (secondary N) is 1. The summed E-state index contributed by atoms with van der Waals surface area (Å²) < 4.78 is 16.1. The summed E-state index contributed by atoms with van der Waals surface area (Å²) in [4.78, 5) is 20.4. The number of aliphatic hydroxyl groups excluding tert-OH is 3. The number of carbonyl (C=O) groups is 1. The van der Waals surface area contributed by atoms with Gasteiger partial charge in [0, 0.05) is 0 Å². The van der Waals surface area contributed by atoms with Gasteiger partial charge in [0.1, 0.15) is 18.2 Å². The number of aliphatic hydroxyl groups is 3. The zero-order valence-corrected chi connectivity index (χ0v) is 12.2. The van der Waals surface area contributed by atoms with Crippen molar-refractivity contribution in [3.05, 3.63) is 0 Å². The van der Waals surface area contributed by atoms with Crippen LogP contribution in [0.1, 0.15) is 20.3 Å². The molecule has 0 amide bonds. The van der Waals surface area contributed by atoms with Gasteiger partial charge in [0.15, 0.2) is 0 Å². The summed E-state index contributed by atoms with van der Waals surface area (Å²) in [6.07, 6.45) is -2.96. The first kappa shape index (κ1) is 19.5. The molecule has 0 aromatic heterocycles. The van der Waals surface area contributed by atoms with E-state index in [9.17, 15) is 19.4 Å². The van der Waals surface area contributed by atoms with E-state index in [1.165, 1.54) is 0 Å². The zero-order chi connectivity index (χ0) is 15.9. The van der Waals surface area contributed by atoms with Gasteiger partial charge in [-0.05, 0) is 12.3 Å². The van der Waals surface area contributed by atoms with E-state index >= 15 is 0 Å². The molecule has 0 aromatic carbocycles. The molecule has 4 atom stereocenters. The minimum Gasteiger partial charge on any atom is -0.480 e. The summed E-state index contributed by atoms with van der Waals surface area (Å²) in [5, 5.41) is 37.8. The van der Waals surface area contributed by atoms with Gasteiger partial charge >= 0.3 is 13.7 Å². The SMILES string of the molecule is CC(C)CC(NP(=O)(O)OC[C@H](O)[C@@H](O)CO)C(=O)O. The van der Waals surface area contributed by atoms with E-state index in [0.29, 0.717) is 0 Å². The maximum atomic E-state index is 11.6. The van der Waals surface area contributed by atoms with E-state index in [-0.39, 0.29) is 12.3 Å². The normalized spacial score (nSPS) is 19.4. The molecule has 0 heterocycles. The van der Waals surface area contributed by atoms with Gasteiger partial charge in [0.05, 0.1) is 13.2 Å². The molecule has 6 N–H and O–H groups in total. The van der Waals surface area contributed by atoms with Crippen molar-refractivity contribution in [2.24, 2.45) is 5.92 Å². The van der Waals surface area contributed by atoms with E-state index in [1.807, 2.05) is 5.09 Å². The van der Waals surface area contributed by atoms with Crippen LogP contribution in [-0.4, -0.2) is 62.8 Å². The summed E-state index contributed by atoms with van der Waals surface area (Å²) >= 11 is 0. The lowest BCUT2D eigenvalue weighted by molar-refractivity contribution is -0.139. The fourth-order valence-corrected chi connectivity index (χ4v) is 2.36. The van der Waals surface area contributed by atoms with E-state index in [4.69, 9.17) is 15.3 Å². The molecule has 0 aliphatic rings. The molecule has 20 heavy (non-hydrogen) atoms. The Balaban J connectivity index is 4.48. The molecule has 0 radical (unpaired) electrons. The van der Waals surface area contributed by atoms with Crippen LogP contribution >= 0.6 is 7.75 Å². The summed E-state index contributed by atoms with van der Waals surface area (Å²) in [5.41, 5.74) is 0. The Hall–Kier alpha value is -0.540. The van der Waals surface area contributed by atoms with Crippen molar-refractivity contribution in [2.75, 3.05) is 13.2 Å². The van der Waals surface area contributed by atoms with Gasteiger partial charge < -0.3 is 25.3 Å². The lowest BCUT2D eigenvalue weighted by Crippen LogP contribution is -2.38. The minimum atomic E-state index is -4.45. The summed E-state index contributed by atoms with van der Waals surface area (Å²) in [7, 11) is -4.45. The van der Waals surface area contributed by atoms with Gasteiger partial charge in [-0.25, -0.2) is 9.65 Å². The molecule has 120 valence electrons. The highest BCUT2D eigenvalue weighted by Gasteiger charge is 2.30. The molecule has 0 aromatic rings. The Morgan fingerprint density at radius 2 is 1.85 bits per heavy atom. The molecule has 0 rings (SSSR count). The fraction of sp³-hybridized carbons (Fsp3) is 0.900. The van der Waals surface area contributed by atoms with Crippen molar-refractivity contribution in [2.45, 2.75) is 38.5 Å². The molecule has 0 aliphatic heterocycles. The lowest BCUT2D eigenvalue weighted by atomic mass is 10.1. The van der Waals surface area contributed by atoms with Gasteiger partial charge in [0.2, 0.25) is 0 Å². The summed E-state index contributed by atoms with van der Waals surface area (Å²) in [5.74, 6) is -1.32. The molecule has 10 heteroatoms. The summed E-state index contributed by atoms with van der Waals surface area (Å²) in [6, 6.07) is -1.27. The monoisotopic (exact) mass is 315 g/mol. The Bertz CT molecular complexity index is 350. The van der Waals surface area contributed by atoms with Crippen molar-refractivity contribution >= 4 is 13.7 Å². The van der Waals surface area contributed by atoms with E-state index < -0.39 is 45.2 Å².